The molecule has 1 N–H and O–H groups in total. The van der Waals surface area contributed by atoms with Crippen LogP contribution < -0.4 is 15.0 Å². The van der Waals surface area contributed by atoms with Gasteiger partial charge in [0.25, 0.3) is 5.56 Å². The van der Waals surface area contributed by atoms with Crippen LogP contribution in [0.4, 0.5) is 4.39 Å². The molecule has 3 rings (SSSR count). The van der Waals surface area contributed by atoms with Crippen LogP contribution in [0.5, 0.6) is 5.75 Å². The Kier molecular flexibility index (Phi) is 7.54. The average molecular weight is 446 g/mol. The summed E-state index contributed by atoms with van der Waals surface area (Å²) >= 11 is 0. The number of unbranched alkanes of at least 4 members (excludes halogenated alkanes) is 1. The van der Waals surface area contributed by atoms with E-state index in [1.54, 1.807) is 30.3 Å². The summed E-state index contributed by atoms with van der Waals surface area (Å²) in [5, 5.41) is 4.24. The summed E-state index contributed by atoms with van der Waals surface area (Å²) in [4.78, 5) is 12.2. The van der Waals surface area contributed by atoms with Gasteiger partial charge in [-0.3, -0.25) is 4.79 Å². The zero-order valence-corrected chi connectivity index (χ0v) is 17.9. The molecule has 1 heterocycles. The van der Waals surface area contributed by atoms with Gasteiger partial charge in [-0.15, -0.1) is 0 Å². The fourth-order valence-electron chi connectivity index (χ4n) is 2.80. The minimum Gasteiger partial charge on any atom is -0.494 e. The van der Waals surface area contributed by atoms with Crippen molar-refractivity contribution in [3.63, 3.8) is 0 Å². The van der Waals surface area contributed by atoms with Crippen molar-refractivity contribution in [1.29, 1.82) is 0 Å². The van der Waals surface area contributed by atoms with Crippen LogP contribution in [-0.4, -0.2) is 31.3 Å². The molecule has 0 aliphatic rings. The first-order valence-corrected chi connectivity index (χ1v) is 11.4. The summed E-state index contributed by atoms with van der Waals surface area (Å²) in [6.07, 6.45) is 1.94. The topological polar surface area (TPSA) is 90.3 Å². The van der Waals surface area contributed by atoms with E-state index >= 15 is 0 Å². The molecule has 9 heteroatoms. The van der Waals surface area contributed by atoms with Crippen LogP contribution in [0.1, 0.15) is 19.8 Å². The maximum absolute atomic E-state index is 13.1. The lowest BCUT2D eigenvalue weighted by Gasteiger charge is -2.10. The molecule has 0 unspecified atom stereocenters. The smallest absolute Gasteiger partial charge is 0.266 e. The first-order valence-electron chi connectivity index (χ1n) is 9.96. The molecule has 0 aliphatic heterocycles. The van der Waals surface area contributed by atoms with Crippen LogP contribution in [0.2, 0.25) is 0 Å². The van der Waals surface area contributed by atoms with Crippen LogP contribution in [-0.2, 0) is 16.6 Å². The number of rotatable bonds is 10. The third-order valence-electron chi connectivity index (χ3n) is 4.52. The summed E-state index contributed by atoms with van der Waals surface area (Å²) in [6, 6.07) is 14.8. The van der Waals surface area contributed by atoms with Crippen molar-refractivity contribution in [3.05, 3.63) is 76.8 Å². The lowest BCUT2D eigenvalue weighted by molar-refractivity contribution is 0.309. The fraction of sp³-hybridized carbons (Fsp3) is 0.273. The molecule has 0 saturated heterocycles. The molecule has 3 aromatic rings. The van der Waals surface area contributed by atoms with E-state index in [1.807, 2.05) is 0 Å². The molecule has 0 spiro atoms. The van der Waals surface area contributed by atoms with E-state index in [0.29, 0.717) is 23.6 Å². The number of halogens is 1. The minimum atomic E-state index is -3.74. The normalized spacial score (nSPS) is 11.4. The number of ether oxygens (including phenoxy) is 1. The molecule has 31 heavy (non-hydrogen) atoms. The van der Waals surface area contributed by atoms with Gasteiger partial charge in [0.1, 0.15) is 11.6 Å². The van der Waals surface area contributed by atoms with Crippen molar-refractivity contribution in [2.24, 2.45) is 0 Å². The molecule has 0 fully saturated rings. The summed E-state index contributed by atoms with van der Waals surface area (Å²) < 4.78 is 47.3. The summed E-state index contributed by atoms with van der Waals surface area (Å²) in [6.45, 7) is 2.68. The van der Waals surface area contributed by atoms with Crippen molar-refractivity contribution in [1.82, 2.24) is 14.5 Å². The van der Waals surface area contributed by atoms with Crippen LogP contribution in [0.15, 0.2) is 70.4 Å². The van der Waals surface area contributed by atoms with E-state index in [9.17, 15) is 17.6 Å². The summed E-state index contributed by atoms with van der Waals surface area (Å²) in [7, 11) is -3.74. The van der Waals surface area contributed by atoms with Crippen LogP contribution in [0.25, 0.3) is 11.3 Å². The van der Waals surface area contributed by atoms with Gasteiger partial charge >= 0.3 is 0 Å². The Morgan fingerprint density at radius 1 is 1.03 bits per heavy atom. The van der Waals surface area contributed by atoms with Crippen molar-refractivity contribution >= 4 is 10.0 Å². The average Bonchev–Trinajstić information content (AvgIpc) is 2.76. The van der Waals surface area contributed by atoms with Gasteiger partial charge in [0.2, 0.25) is 10.0 Å². The fourth-order valence-corrected chi connectivity index (χ4v) is 3.82. The highest BCUT2D eigenvalue weighted by Gasteiger charge is 2.14. The molecule has 1 aromatic heterocycles. The standard InChI is InChI=1S/C22H24FN3O4S/c1-2-3-16-30-19-8-10-20(11-9-19)31(28,29)24-14-15-26-22(27)13-12-21(25-26)17-4-6-18(23)7-5-17/h4-13,24H,2-3,14-16H2,1H3. The van der Waals surface area contributed by atoms with Crippen LogP contribution >= 0.6 is 0 Å². The molecule has 7 nitrogen and oxygen atoms in total. The Morgan fingerprint density at radius 3 is 2.42 bits per heavy atom. The largest absolute Gasteiger partial charge is 0.494 e. The lowest BCUT2D eigenvalue weighted by atomic mass is 10.1. The second-order valence-corrected chi connectivity index (χ2v) is 8.62. The molecule has 0 radical (unpaired) electrons. The van der Waals surface area contributed by atoms with E-state index in [0.717, 1.165) is 12.8 Å². The predicted molar refractivity (Wildman–Crippen MR) is 116 cm³/mol. The number of hydrogen-bond donors (Lipinski definition) is 1. The third-order valence-corrected chi connectivity index (χ3v) is 6.00. The summed E-state index contributed by atoms with van der Waals surface area (Å²) in [5.41, 5.74) is 0.775. The lowest BCUT2D eigenvalue weighted by Crippen LogP contribution is -2.32. The Labute approximate surface area is 180 Å². The van der Waals surface area contributed by atoms with E-state index in [4.69, 9.17) is 4.74 Å². The van der Waals surface area contributed by atoms with Gasteiger partial charge in [-0.05, 0) is 61.0 Å². The van der Waals surface area contributed by atoms with Crippen LogP contribution in [0, 0.1) is 5.82 Å². The van der Waals surface area contributed by atoms with E-state index < -0.39 is 10.0 Å². The highest BCUT2D eigenvalue weighted by atomic mass is 32.2. The Morgan fingerprint density at radius 2 is 1.74 bits per heavy atom. The van der Waals surface area contributed by atoms with Gasteiger partial charge < -0.3 is 4.74 Å². The Balaban J connectivity index is 1.63. The van der Waals surface area contributed by atoms with Gasteiger partial charge in [0, 0.05) is 18.2 Å². The first-order chi connectivity index (χ1) is 14.9. The third kappa shape index (κ3) is 6.22. The maximum Gasteiger partial charge on any atom is 0.266 e. The highest BCUT2D eigenvalue weighted by molar-refractivity contribution is 7.89. The Hall–Kier alpha value is -3.04. The van der Waals surface area contributed by atoms with E-state index in [1.165, 1.54) is 35.0 Å². The SMILES string of the molecule is CCCCOc1ccc(S(=O)(=O)NCCn2nc(-c3ccc(F)cc3)ccc2=O)cc1. The zero-order valence-electron chi connectivity index (χ0n) is 17.1. The number of hydrogen-bond acceptors (Lipinski definition) is 5. The second kappa shape index (κ2) is 10.3. The summed E-state index contributed by atoms with van der Waals surface area (Å²) in [5.74, 6) is 0.243. The number of nitrogens with zero attached hydrogens (tertiary/aromatic N) is 2. The van der Waals surface area contributed by atoms with Crippen molar-refractivity contribution < 1.29 is 17.5 Å². The van der Waals surface area contributed by atoms with Crippen molar-refractivity contribution in [3.8, 4) is 17.0 Å². The number of sulfonamides is 1. The highest BCUT2D eigenvalue weighted by Crippen LogP contribution is 2.17. The minimum absolute atomic E-state index is 0.0170. The molecule has 0 aliphatic carbocycles. The van der Waals surface area contributed by atoms with Gasteiger partial charge in [0.05, 0.1) is 23.7 Å². The monoisotopic (exact) mass is 445 g/mol. The molecule has 0 atom stereocenters. The maximum atomic E-state index is 13.1. The Bertz CT molecular complexity index is 1160. The molecular formula is C22H24FN3O4S. The van der Waals surface area contributed by atoms with Crippen LogP contribution in [0.3, 0.4) is 0 Å². The number of nitrogens with one attached hydrogen (secondary N) is 1. The van der Waals surface area contributed by atoms with Gasteiger partial charge in [-0.1, -0.05) is 13.3 Å². The zero-order chi connectivity index (χ0) is 22.3. The van der Waals surface area contributed by atoms with Crippen molar-refractivity contribution in [2.75, 3.05) is 13.2 Å². The molecule has 0 bridgehead atoms. The predicted octanol–water partition coefficient (Wildman–Crippen LogP) is 3.21. The molecule has 164 valence electrons. The van der Waals surface area contributed by atoms with Crippen molar-refractivity contribution in [2.45, 2.75) is 31.2 Å². The van der Waals surface area contributed by atoms with Gasteiger partial charge in [0.15, 0.2) is 0 Å². The molecule has 0 saturated carbocycles. The quantitative estimate of drug-likeness (QED) is 0.484. The first kappa shape index (κ1) is 22.6. The number of benzene rings is 2. The second-order valence-electron chi connectivity index (χ2n) is 6.86. The van der Waals surface area contributed by atoms with Gasteiger partial charge in [-0.2, -0.15) is 5.10 Å². The van der Waals surface area contributed by atoms with E-state index in [2.05, 4.69) is 16.7 Å². The molecular weight excluding hydrogens is 421 g/mol. The van der Waals surface area contributed by atoms with Gasteiger partial charge in [-0.25, -0.2) is 22.2 Å². The van der Waals surface area contributed by atoms with E-state index in [-0.39, 0.29) is 29.4 Å². The molecule has 2 aromatic carbocycles. The number of aromatic nitrogens is 2. The molecule has 0 amide bonds.